The van der Waals surface area contributed by atoms with Gasteiger partial charge in [-0.25, -0.2) is 0 Å². The summed E-state index contributed by atoms with van der Waals surface area (Å²) in [7, 11) is 0. The third-order valence-corrected chi connectivity index (χ3v) is 3.96. The summed E-state index contributed by atoms with van der Waals surface area (Å²) in [6, 6.07) is 0. The Bertz CT molecular complexity index is 151. The van der Waals surface area contributed by atoms with Gasteiger partial charge in [0.1, 0.15) is 0 Å². The van der Waals surface area contributed by atoms with Gasteiger partial charge in [-0.15, -0.1) is 0 Å². The molecule has 0 aromatic carbocycles. The molecule has 2 rings (SSSR count). The number of likely N-dealkylation sites (tertiary alicyclic amines) is 1. The van der Waals surface area contributed by atoms with Gasteiger partial charge in [-0.1, -0.05) is 0 Å². The molecule has 2 N–H and O–H groups in total. The molecule has 0 radical (unpaired) electrons. The predicted molar refractivity (Wildman–Crippen MR) is 54.5 cm³/mol. The van der Waals surface area contributed by atoms with Gasteiger partial charge in [-0.2, -0.15) is 11.8 Å². The van der Waals surface area contributed by atoms with Crippen molar-refractivity contribution in [3.63, 3.8) is 0 Å². The zero-order valence-corrected chi connectivity index (χ0v) is 8.41. The van der Waals surface area contributed by atoms with Gasteiger partial charge in [0.05, 0.1) is 0 Å². The van der Waals surface area contributed by atoms with E-state index >= 15 is 0 Å². The molecule has 0 atom stereocenters. The lowest BCUT2D eigenvalue weighted by Crippen LogP contribution is -2.55. The molecule has 0 saturated carbocycles. The average molecular weight is 186 g/mol. The fraction of sp³-hybridized carbons (Fsp3) is 1.00. The van der Waals surface area contributed by atoms with E-state index in [4.69, 9.17) is 5.73 Å². The molecule has 2 heterocycles. The molecule has 0 spiro atoms. The van der Waals surface area contributed by atoms with Gasteiger partial charge in [-0.05, 0) is 43.9 Å². The lowest BCUT2D eigenvalue weighted by Gasteiger charge is -2.41. The van der Waals surface area contributed by atoms with Gasteiger partial charge in [-0.3, -0.25) is 0 Å². The first-order chi connectivity index (χ1) is 5.79. The second-order valence-corrected chi connectivity index (χ2v) is 5.33. The molecular formula is C9H18N2S. The summed E-state index contributed by atoms with van der Waals surface area (Å²) in [5, 5.41) is 0. The van der Waals surface area contributed by atoms with Crippen molar-refractivity contribution in [3.8, 4) is 0 Å². The molecule has 0 amide bonds. The van der Waals surface area contributed by atoms with Crippen molar-refractivity contribution in [2.45, 2.75) is 24.8 Å². The van der Waals surface area contributed by atoms with Crippen molar-refractivity contribution in [3.05, 3.63) is 0 Å². The number of hydrogen-bond acceptors (Lipinski definition) is 3. The summed E-state index contributed by atoms with van der Waals surface area (Å²) in [4.78, 5) is 2.50. The maximum absolute atomic E-state index is 6.31. The van der Waals surface area contributed by atoms with Gasteiger partial charge in [0.25, 0.3) is 0 Å². The van der Waals surface area contributed by atoms with Crippen LogP contribution in [0.1, 0.15) is 19.3 Å². The van der Waals surface area contributed by atoms with Crippen molar-refractivity contribution in [2.75, 3.05) is 31.1 Å². The second-order valence-electron chi connectivity index (χ2n) is 4.10. The van der Waals surface area contributed by atoms with E-state index in [1.165, 1.54) is 43.9 Å². The van der Waals surface area contributed by atoms with Crippen molar-refractivity contribution in [1.82, 2.24) is 4.90 Å². The van der Waals surface area contributed by atoms with Crippen LogP contribution in [0.5, 0.6) is 0 Å². The number of rotatable bonds is 2. The molecule has 0 aromatic heterocycles. The van der Waals surface area contributed by atoms with E-state index in [0.29, 0.717) is 0 Å². The molecule has 2 nitrogen and oxygen atoms in total. The van der Waals surface area contributed by atoms with E-state index in [9.17, 15) is 0 Å². The van der Waals surface area contributed by atoms with Gasteiger partial charge in [0.2, 0.25) is 0 Å². The molecule has 2 aliphatic rings. The smallest absolute Gasteiger partial charge is 0.0299 e. The van der Waals surface area contributed by atoms with Crippen LogP contribution < -0.4 is 5.73 Å². The highest BCUT2D eigenvalue weighted by molar-refractivity contribution is 7.99. The van der Waals surface area contributed by atoms with E-state index < -0.39 is 0 Å². The molecule has 0 aliphatic carbocycles. The number of thioether (sulfide) groups is 1. The Labute approximate surface area is 78.9 Å². The third-order valence-electron chi connectivity index (χ3n) is 2.98. The van der Waals surface area contributed by atoms with Crippen LogP contribution in [-0.4, -0.2) is 41.6 Å². The molecule has 12 heavy (non-hydrogen) atoms. The summed E-state index contributed by atoms with van der Waals surface area (Å²) in [5.74, 6) is 2.54. The Morgan fingerprint density at radius 3 is 2.42 bits per heavy atom. The summed E-state index contributed by atoms with van der Waals surface area (Å²) >= 11 is 2.05. The van der Waals surface area contributed by atoms with Gasteiger partial charge < -0.3 is 10.6 Å². The van der Waals surface area contributed by atoms with Crippen LogP contribution in [0.15, 0.2) is 0 Å². The maximum atomic E-state index is 6.31. The van der Waals surface area contributed by atoms with Crippen LogP contribution >= 0.6 is 11.8 Å². The summed E-state index contributed by atoms with van der Waals surface area (Å²) in [5.41, 5.74) is 6.47. The molecule has 0 unspecified atom stereocenters. The van der Waals surface area contributed by atoms with Crippen molar-refractivity contribution < 1.29 is 0 Å². The third kappa shape index (κ3) is 1.95. The number of hydrogen-bond donors (Lipinski definition) is 1. The van der Waals surface area contributed by atoms with Crippen LogP contribution in [-0.2, 0) is 0 Å². The predicted octanol–water partition coefficient (Wildman–Crippen LogP) is 0.917. The zero-order valence-electron chi connectivity index (χ0n) is 7.59. The average Bonchev–Trinajstić information content (AvgIpc) is 1.99. The van der Waals surface area contributed by atoms with Crippen LogP contribution in [0.3, 0.4) is 0 Å². The highest BCUT2D eigenvalue weighted by Crippen LogP contribution is 2.26. The topological polar surface area (TPSA) is 29.3 Å². The zero-order chi connectivity index (χ0) is 8.44. The SMILES string of the molecule is NC1(CN2CCC2)CCSCC1. The molecule has 2 fully saturated rings. The lowest BCUT2D eigenvalue weighted by molar-refractivity contribution is 0.133. The van der Waals surface area contributed by atoms with E-state index in [2.05, 4.69) is 16.7 Å². The molecule has 70 valence electrons. The summed E-state index contributed by atoms with van der Waals surface area (Å²) < 4.78 is 0. The van der Waals surface area contributed by atoms with Crippen LogP contribution in [0, 0.1) is 0 Å². The quantitative estimate of drug-likeness (QED) is 0.695. The number of nitrogens with zero attached hydrogens (tertiary/aromatic N) is 1. The molecule has 3 heteroatoms. The van der Waals surface area contributed by atoms with E-state index in [1.807, 2.05) is 0 Å². The van der Waals surface area contributed by atoms with Gasteiger partial charge >= 0.3 is 0 Å². The van der Waals surface area contributed by atoms with Crippen molar-refractivity contribution >= 4 is 11.8 Å². The van der Waals surface area contributed by atoms with E-state index in [-0.39, 0.29) is 5.54 Å². The summed E-state index contributed by atoms with van der Waals surface area (Å²) in [6.45, 7) is 3.71. The fourth-order valence-corrected chi connectivity index (χ4v) is 3.23. The second kappa shape index (κ2) is 3.56. The Morgan fingerprint density at radius 2 is 1.92 bits per heavy atom. The minimum Gasteiger partial charge on any atom is -0.324 e. The first-order valence-corrected chi connectivity index (χ1v) is 6.03. The molecule has 0 aromatic rings. The lowest BCUT2D eigenvalue weighted by atomic mass is 9.92. The fourth-order valence-electron chi connectivity index (χ4n) is 1.92. The minimum absolute atomic E-state index is 0.158. The van der Waals surface area contributed by atoms with Crippen molar-refractivity contribution in [2.24, 2.45) is 5.73 Å². The molecular weight excluding hydrogens is 168 g/mol. The van der Waals surface area contributed by atoms with Crippen LogP contribution in [0.2, 0.25) is 0 Å². The molecule has 0 bridgehead atoms. The Morgan fingerprint density at radius 1 is 1.25 bits per heavy atom. The highest BCUT2D eigenvalue weighted by Gasteiger charge is 2.31. The molecule has 2 saturated heterocycles. The first kappa shape index (κ1) is 8.85. The number of nitrogens with two attached hydrogens (primary N) is 1. The van der Waals surface area contributed by atoms with Gasteiger partial charge in [0, 0.05) is 12.1 Å². The van der Waals surface area contributed by atoms with Crippen LogP contribution in [0.4, 0.5) is 0 Å². The van der Waals surface area contributed by atoms with E-state index in [0.717, 1.165) is 6.54 Å². The maximum Gasteiger partial charge on any atom is 0.0299 e. The Hall–Kier alpha value is 0.270. The van der Waals surface area contributed by atoms with Crippen molar-refractivity contribution in [1.29, 1.82) is 0 Å². The first-order valence-electron chi connectivity index (χ1n) is 4.88. The highest BCUT2D eigenvalue weighted by atomic mass is 32.2. The summed E-state index contributed by atoms with van der Waals surface area (Å²) in [6.07, 6.45) is 3.81. The van der Waals surface area contributed by atoms with Gasteiger partial charge in [0.15, 0.2) is 0 Å². The monoisotopic (exact) mass is 186 g/mol. The van der Waals surface area contributed by atoms with Crippen LogP contribution in [0.25, 0.3) is 0 Å². The molecule has 2 aliphatic heterocycles. The largest absolute Gasteiger partial charge is 0.324 e. The van der Waals surface area contributed by atoms with E-state index in [1.54, 1.807) is 0 Å². The Kier molecular flexibility index (Phi) is 2.63. The Balaban J connectivity index is 1.81. The normalized spacial score (nSPS) is 29.8. The standard InChI is InChI=1S/C9H18N2S/c10-9(2-6-12-7-3-9)8-11-4-1-5-11/h1-8,10H2. The minimum atomic E-state index is 0.158.